The molecule has 6 heteroatoms. The molecule has 0 aliphatic carbocycles. The third-order valence-corrected chi connectivity index (χ3v) is 4.73. The fraction of sp³-hybridized carbons (Fsp3) is 0.0833. The zero-order valence-corrected chi connectivity index (χ0v) is 15.8. The molecule has 0 fully saturated rings. The molecule has 0 atom stereocenters. The molecule has 148 valence electrons. The molecular formula is C24H16O6. The average Bonchev–Trinajstić information content (AvgIpc) is 3.09. The maximum atomic E-state index is 12.7. The highest BCUT2D eigenvalue weighted by molar-refractivity contribution is 6.14. The Bertz CT molecular complexity index is 1180. The van der Waals surface area contributed by atoms with Crippen molar-refractivity contribution in [1.29, 1.82) is 0 Å². The molecule has 0 radical (unpaired) electrons. The number of allylic oxidation sites excluding steroid dienone is 1. The molecular weight excluding hydrogens is 384 g/mol. The van der Waals surface area contributed by atoms with Crippen LogP contribution in [0.3, 0.4) is 0 Å². The number of benzene rings is 3. The number of carbonyl (C=O) groups excluding carboxylic acids is 2. The number of rotatable bonds is 3. The van der Waals surface area contributed by atoms with E-state index in [9.17, 15) is 9.59 Å². The maximum Gasteiger partial charge on any atom is 0.343 e. The van der Waals surface area contributed by atoms with Crippen LogP contribution in [0.15, 0.2) is 72.5 Å². The van der Waals surface area contributed by atoms with E-state index in [0.717, 1.165) is 5.56 Å². The topological polar surface area (TPSA) is 71.1 Å². The highest BCUT2D eigenvalue weighted by atomic mass is 16.6. The lowest BCUT2D eigenvalue weighted by molar-refractivity contribution is 0.0734. The number of hydrogen-bond donors (Lipinski definition) is 0. The Morgan fingerprint density at radius 1 is 0.867 bits per heavy atom. The monoisotopic (exact) mass is 400 g/mol. The van der Waals surface area contributed by atoms with E-state index in [1.807, 2.05) is 12.1 Å². The normalized spacial score (nSPS) is 15.5. The number of fused-ring (bicyclic) bond motifs is 2. The van der Waals surface area contributed by atoms with Crippen molar-refractivity contribution >= 4 is 17.8 Å². The maximum absolute atomic E-state index is 12.7. The number of ether oxygens (including phenoxy) is 4. The molecule has 0 amide bonds. The second kappa shape index (κ2) is 7.40. The highest BCUT2D eigenvalue weighted by Crippen LogP contribution is 2.36. The summed E-state index contributed by atoms with van der Waals surface area (Å²) in [7, 11) is 0. The van der Waals surface area contributed by atoms with Crippen LogP contribution in [0.4, 0.5) is 0 Å². The van der Waals surface area contributed by atoms with Crippen LogP contribution < -0.4 is 18.9 Å². The van der Waals surface area contributed by atoms with E-state index in [4.69, 9.17) is 18.9 Å². The number of Topliss-reactive ketones (excluding diaryl/α,β-unsaturated/α-hetero) is 1. The molecule has 0 saturated carbocycles. The van der Waals surface area contributed by atoms with Crippen LogP contribution in [0.2, 0.25) is 0 Å². The van der Waals surface area contributed by atoms with Crippen molar-refractivity contribution in [1.82, 2.24) is 0 Å². The Morgan fingerprint density at radius 3 is 2.50 bits per heavy atom. The van der Waals surface area contributed by atoms with Gasteiger partial charge in [-0.1, -0.05) is 24.3 Å². The molecule has 0 aromatic heterocycles. The zero-order chi connectivity index (χ0) is 20.5. The first-order chi connectivity index (χ1) is 14.7. The molecule has 30 heavy (non-hydrogen) atoms. The summed E-state index contributed by atoms with van der Waals surface area (Å²) >= 11 is 0. The summed E-state index contributed by atoms with van der Waals surface area (Å²) in [5, 5.41) is 0. The van der Waals surface area contributed by atoms with Crippen molar-refractivity contribution in [2.24, 2.45) is 0 Å². The van der Waals surface area contributed by atoms with Gasteiger partial charge in [0.1, 0.15) is 24.7 Å². The second-order valence-corrected chi connectivity index (χ2v) is 6.76. The average molecular weight is 400 g/mol. The van der Waals surface area contributed by atoms with Gasteiger partial charge >= 0.3 is 5.97 Å². The van der Waals surface area contributed by atoms with E-state index in [1.165, 1.54) is 0 Å². The molecule has 5 rings (SSSR count). The molecule has 0 bridgehead atoms. The molecule has 0 spiro atoms. The molecule has 2 aliphatic heterocycles. The predicted molar refractivity (Wildman–Crippen MR) is 108 cm³/mol. The summed E-state index contributed by atoms with van der Waals surface area (Å²) in [6, 6.07) is 18.8. The summed E-state index contributed by atoms with van der Waals surface area (Å²) in [5.41, 5.74) is 1.61. The van der Waals surface area contributed by atoms with Gasteiger partial charge in [-0.3, -0.25) is 4.79 Å². The van der Waals surface area contributed by atoms with Gasteiger partial charge < -0.3 is 18.9 Å². The Hall–Kier alpha value is -4.06. The molecule has 3 aromatic carbocycles. The molecule has 0 unspecified atom stereocenters. The van der Waals surface area contributed by atoms with E-state index in [1.54, 1.807) is 60.7 Å². The first kappa shape index (κ1) is 18.0. The van der Waals surface area contributed by atoms with Crippen molar-refractivity contribution < 1.29 is 28.5 Å². The van der Waals surface area contributed by atoms with Gasteiger partial charge in [-0.05, 0) is 48.0 Å². The van der Waals surface area contributed by atoms with Gasteiger partial charge in [-0.25, -0.2) is 4.79 Å². The summed E-state index contributed by atoms with van der Waals surface area (Å²) in [5.74, 6) is 1.43. The van der Waals surface area contributed by atoms with Gasteiger partial charge in [0.15, 0.2) is 17.3 Å². The summed E-state index contributed by atoms with van der Waals surface area (Å²) in [6.45, 7) is 1.000. The second-order valence-electron chi connectivity index (χ2n) is 6.76. The van der Waals surface area contributed by atoms with E-state index in [-0.39, 0.29) is 11.5 Å². The standard InChI is InChI=1S/C24H16O6/c25-23-18-8-7-17(29-24(26)16-4-2-1-3-5-16)14-20(18)30-22(23)13-15-6-9-19-21(12-15)28-11-10-27-19/h1-9,12-14H,10-11H2. The van der Waals surface area contributed by atoms with Crippen molar-refractivity contribution in [3.05, 3.63) is 89.2 Å². The first-order valence-corrected chi connectivity index (χ1v) is 9.42. The number of ketones is 1. The quantitative estimate of drug-likeness (QED) is 0.371. The molecule has 0 N–H and O–H groups in total. The number of hydrogen-bond acceptors (Lipinski definition) is 6. The van der Waals surface area contributed by atoms with E-state index < -0.39 is 5.97 Å². The molecule has 0 saturated heterocycles. The minimum absolute atomic E-state index is 0.188. The third kappa shape index (κ3) is 3.39. The van der Waals surface area contributed by atoms with Crippen LogP contribution in [-0.4, -0.2) is 25.0 Å². The molecule has 3 aromatic rings. The molecule has 2 heterocycles. The van der Waals surface area contributed by atoms with Gasteiger partial charge in [0.2, 0.25) is 5.78 Å². The van der Waals surface area contributed by atoms with E-state index in [2.05, 4.69) is 0 Å². The lowest BCUT2D eigenvalue weighted by Gasteiger charge is -2.18. The van der Waals surface area contributed by atoms with Gasteiger partial charge in [-0.15, -0.1) is 0 Å². The zero-order valence-electron chi connectivity index (χ0n) is 15.8. The van der Waals surface area contributed by atoms with Crippen LogP contribution in [0, 0.1) is 0 Å². The van der Waals surface area contributed by atoms with Crippen LogP contribution in [0.1, 0.15) is 26.3 Å². The summed E-state index contributed by atoms with van der Waals surface area (Å²) < 4.78 is 22.2. The smallest absolute Gasteiger partial charge is 0.343 e. The van der Waals surface area contributed by atoms with Crippen LogP contribution in [0.5, 0.6) is 23.0 Å². The SMILES string of the molecule is O=C(Oc1ccc2c(c1)OC(=Cc1ccc3c(c1)OCCO3)C2=O)c1ccccc1. The van der Waals surface area contributed by atoms with Gasteiger partial charge in [0, 0.05) is 6.07 Å². The Labute approximate surface area is 172 Å². The highest BCUT2D eigenvalue weighted by Gasteiger charge is 2.28. The molecule has 2 aliphatic rings. The Kier molecular flexibility index (Phi) is 4.44. The van der Waals surface area contributed by atoms with Crippen LogP contribution in [-0.2, 0) is 0 Å². The van der Waals surface area contributed by atoms with Crippen molar-refractivity contribution in [2.45, 2.75) is 0 Å². The van der Waals surface area contributed by atoms with Gasteiger partial charge in [0.25, 0.3) is 0 Å². The first-order valence-electron chi connectivity index (χ1n) is 9.42. The lowest BCUT2D eigenvalue weighted by Crippen LogP contribution is -2.15. The fourth-order valence-corrected chi connectivity index (χ4v) is 3.27. The largest absolute Gasteiger partial charge is 0.486 e. The van der Waals surface area contributed by atoms with Crippen LogP contribution in [0.25, 0.3) is 6.08 Å². The Morgan fingerprint density at radius 2 is 1.67 bits per heavy atom. The van der Waals surface area contributed by atoms with Crippen LogP contribution >= 0.6 is 0 Å². The predicted octanol–water partition coefficient (Wildman–Crippen LogP) is 4.29. The van der Waals surface area contributed by atoms with E-state index >= 15 is 0 Å². The summed E-state index contributed by atoms with van der Waals surface area (Å²) in [6.07, 6.45) is 1.65. The summed E-state index contributed by atoms with van der Waals surface area (Å²) in [4.78, 5) is 24.9. The fourth-order valence-electron chi connectivity index (χ4n) is 3.27. The third-order valence-electron chi connectivity index (χ3n) is 4.73. The number of carbonyl (C=O) groups is 2. The minimum atomic E-state index is -0.480. The van der Waals surface area contributed by atoms with Crippen molar-refractivity contribution in [3.8, 4) is 23.0 Å². The molecule has 6 nitrogen and oxygen atoms in total. The van der Waals surface area contributed by atoms with Gasteiger partial charge in [0.05, 0.1) is 11.1 Å². The lowest BCUT2D eigenvalue weighted by atomic mass is 10.1. The Balaban J connectivity index is 1.37. The minimum Gasteiger partial charge on any atom is -0.486 e. The van der Waals surface area contributed by atoms with Gasteiger partial charge in [-0.2, -0.15) is 0 Å². The van der Waals surface area contributed by atoms with Crippen molar-refractivity contribution in [2.75, 3.05) is 13.2 Å². The van der Waals surface area contributed by atoms with Crippen molar-refractivity contribution in [3.63, 3.8) is 0 Å². The van der Waals surface area contributed by atoms with E-state index in [0.29, 0.717) is 47.3 Å². The number of esters is 1.